The molecular formula is C25H25N3O6S2. The second kappa shape index (κ2) is 12.1. The number of carbonyl (C=O) groups excluding carboxylic acids is 3. The van der Waals surface area contributed by atoms with E-state index < -0.39 is 27.8 Å². The Labute approximate surface area is 213 Å². The molecule has 0 aliphatic carbocycles. The highest BCUT2D eigenvalue weighted by Gasteiger charge is 2.20. The minimum atomic E-state index is -3.42. The minimum Gasteiger partial charge on any atom is -0.462 e. The summed E-state index contributed by atoms with van der Waals surface area (Å²) in [4.78, 5) is 37.8. The number of anilines is 2. The number of amides is 2. The second-order valence-electron chi connectivity index (χ2n) is 7.54. The van der Waals surface area contributed by atoms with E-state index in [-0.39, 0.29) is 18.7 Å². The highest BCUT2D eigenvalue weighted by Crippen LogP contribution is 2.35. The zero-order valence-electron chi connectivity index (χ0n) is 19.6. The van der Waals surface area contributed by atoms with Crippen LogP contribution in [0.25, 0.3) is 16.5 Å². The second-order valence-corrected chi connectivity index (χ2v) is 10.3. The van der Waals surface area contributed by atoms with Crippen molar-refractivity contribution in [3.05, 3.63) is 77.9 Å². The molecule has 3 N–H and O–H groups in total. The van der Waals surface area contributed by atoms with Gasteiger partial charge in [-0.15, -0.1) is 11.3 Å². The molecule has 0 atom stereocenters. The maximum absolute atomic E-state index is 12.5. The summed E-state index contributed by atoms with van der Waals surface area (Å²) in [7, 11) is -3.42. The van der Waals surface area contributed by atoms with Gasteiger partial charge in [0.2, 0.25) is 21.8 Å². The number of carbonyl (C=O) groups is 3. The summed E-state index contributed by atoms with van der Waals surface area (Å²) in [6.45, 7) is 1.57. The smallest absolute Gasteiger partial charge is 0.341 e. The molecule has 0 fully saturated rings. The van der Waals surface area contributed by atoms with E-state index in [4.69, 9.17) is 4.74 Å². The third-order valence-corrected chi connectivity index (χ3v) is 6.28. The third-order valence-electron chi connectivity index (χ3n) is 4.58. The number of sulfonamides is 1. The molecule has 0 unspecified atom stereocenters. The number of thiophene rings is 1. The maximum atomic E-state index is 12.5. The zero-order valence-corrected chi connectivity index (χ0v) is 21.2. The SMILES string of the molecule is CCOC(=O)c1cc(-c2ccccc2)sc1NC(=O)CNC(=O)/C=C/c1cccc(NS(C)(=O)=O)c1. The molecule has 3 rings (SSSR count). The van der Waals surface area contributed by atoms with Crippen LogP contribution in [0.3, 0.4) is 0 Å². The first-order valence-corrected chi connectivity index (χ1v) is 13.6. The first-order chi connectivity index (χ1) is 17.1. The molecule has 0 bridgehead atoms. The Bertz CT molecular complexity index is 1380. The molecule has 3 aromatic rings. The molecular weight excluding hydrogens is 502 g/mol. The number of hydrogen-bond acceptors (Lipinski definition) is 7. The van der Waals surface area contributed by atoms with E-state index >= 15 is 0 Å². The summed E-state index contributed by atoms with van der Waals surface area (Å²) in [5.74, 6) is -1.58. The molecule has 2 aromatic carbocycles. The van der Waals surface area contributed by atoms with Crippen molar-refractivity contribution in [3.8, 4) is 10.4 Å². The molecule has 1 aromatic heterocycles. The number of nitrogens with one attached hydrogen (secondary N) is 3. The van der Waals surface area contributed by atoms with E-state index in [0.29, 0.717) is 16.3 Å². The molecule has 0 aliphatic heterocycles. The third kappa shape index (κ3) is 8.07. The van der Waals surface area contributed by atoms with E-state index in [0.717, 1.165) is 16.7 Å². The molecule has 0 saturated heterocycles. The predicted molar refractivity (Wildman–Crippen MR) is 141 cm³/mol. The van der Waals surface area contributed by atoms with E-state index in [9.17, 15) is 22.8 Å². The van der Waals surface area contributed by atoms with Crippen LogP contribution >= 0.6 is 11.3 Å². The molecule has 2 amide bonds. The van der Waals surface area contributed by atoms with Crippen LogP contribution in [-0.2, 0) is 24.3 Å². The van der Waals surface area contributed by atoms with E-state index in [1.165, 1.54) is 23.5 Å². The lowest BCUT2D eigenvalue weighted by atomic mass is 10.1. The minimum absolute atomic E-state index is 0.193. The van der Waals surface area contributed by atoms with Crippen molar-refractivity contribution in [1.82, 2.24) is 5.32 Å². The van der Waals surface area contributed by atoms with Gasteiger partial charge in [0.15, 0.2) is 0 Å². The Kier molecular flexibility index (Phi) is 8.98. The van der Waals surface area contributed by atoms with Gasteiger partial charge >= 0.3 is 5.97 Å². The van der Waals surface area contributed by atoms with Gasteiger partial charge in [0.1, 0.15) is 5.00 Å². The average molecular weight is 528 g/mol. The number of hydrogen-bond donors (Lipinski definition) is 3. The van der Waals surface area contributed by atoms with Gasteiger partial charge in [-0.2, -0.15) is 0 Å². The van der Waals surface area contributed by atoms with Crippen LogP contribution in [0.15, 0.2) is 66.7 Å². The highest BCUT2D eigenvalue weighted by atomic mass is 32.2. The van der Waals surface area contributed by atoms with Crippen molar-refractivity contribution in [2.75, 3.05) is 29.4 Å². The van der Waals surface area contributed by atoms with Gasteiger partial charge in [0.05, 0.1) is 25.0 Å². The Balaban J connectivity index is 1.62. The van der Waals surface area contributed by atoms with Crippen LogP contribution in [0.4, 0.5) is 10.7 Å². The number of benzene rings is 2. The van der Waals surface area contributed by atoms with Crippen LogP contribution in [0.2, 0.25) is 0 Å². The summed E-state index contributed by atoms with van der Waals surface area (Å²) < 4.78 is 30.2. The summed E-state index contributed by atoms with van der Waals surface area (Å²) in [6, 6.07) is 17.6. The van der Waals surface area contributed by atoms with Crippen molar-refractivity contribution in [3.63, 3.8) is 0 Å². The number of ether oxygens (including phenoxy) is 1. The lowest BCUT2D eigenvalue weighted by Crippen LogP contribution is -2.31. The standard InChI is InChI=1S/C25H25N3O6S2/c1-3-34-25(31)20-15-21(18-9-5-4-6-10-18)35-24(20)27-23(30)16-26-22(29)13-12-17-8-7-11-19(14-17)28-36(2,32)33/h4-15,28H,3,16H2,1-2H3,(H,26,29)(H,27,30)/b13-12+. The lowest BCUT2D eigenvalue weighted by molar-refractivity contribution is -0.121. The molecule has 9 nitrogen and oxygen atoms in total. The van der Waals surface area contributed by atoms with Crippen LogP contribution in [-0.4, -0.2) is 45.6 Å². The van der Waals surface area contributed by atoms with Crippen molar-refractivity contribution in [1.29, 1.82) is 0 Å². The van der Waals surface area contributed by atoms with Crippen molar-refractivity contribution < 1.29 is 27.5 Å². The quantitative estimate of drug-likeness (QED) is 0.272. The van der Waals surface area contributed by atoms with Gasteiger partial charge in [-0.3, -0.25) is 14.3 Å². The number of esters is 1. The van der Waals surface area contributed by atoms with Crippen molar-refractivity contribution in [2.24, 2.45) is 0 Å². The summed E-state index contributed by atoms with van der Waals surface area (Å²) in [6.07, 6.45) is 3.77. The van der Waals surface area contributed by atoms with Gasteiger partial charge in [0, 0.05) is 16.6 Å². The summed E-state index contributed by atoms with van der Waals surface area (Å²) in [5.41, 5.74) is 2.09. The Morgan fingerprint density at radius 2 is 1.78 bits per heavy atom. The predicted octanol–water partition coefficient (Wildman–Crippen LogP) is 3.73. The van der Waals surface area contributed by atoms with Crippen LogP contribution in [0, 0.1) is 0 Å². The molecule has 188 valence electrons. The van der Waals surface area contributed by atoms with Crippen LogP contribution < -0.4 is 15.4 Å². The molecule has 0 radical (unpaired) electrons. The first kappa shape index (κ1) is 26.6. The fraction of sp³-hybridized carbons (Fsp3) is 0.160. The first-order valence-electron chi connectivity index (χ1n) is 10.8. The summed E-state index contributed by atoms with van der Waals surface area (Å²) >= 11 is 1.23. The largest absolute Gasteiger partial charge is 0.462 e. The maximum Gasteiger partial charge on any atom is 0.341 e. The van der Waals surface area contributed by atoms with Crippen LogP contribution in [0.5, 0.6) is 0 Å². The molecule has 0 spiro atoms. The van der Waals surface area contributed by atoms with Gasteiger partial charge < -0.3 is 15.4 Å². The Morgan fingerprint density at radius 1 is 1.03 bits per heavy atom. The van der Waals surface area contributed by atoms with E-state index in [2.05, 4.69) is 15.4 Å². The van der Waals surface area contributed by atoms with Gasteiger partial charge in [0.25, 0.3) is 0 Å². The molecule has 1 heterocycles. The van der Waals surface area contributed by atoms with Gasteiger partial charge in [-0.05, 0) is 42.3 Å². The van der Waals surface area contributed by atoms with Crippen molar-refractivity contribution >= 4 is 55.9 Å². The molecule has 11 heteroatoms. The topological polar surface area (TPSA) is 131 Å². The normalized spacial score (nSPS) is 11.2. The Hall–Kier alpha value is -3.96. The van der Waals surface area contributed by atoms with E-state index in [1.54, 1.807) is 37.3 Å². The van der Waals surface area contributed by atoms with Gasteiger partial charge in [-0.1, -0.05) is 42.5 Å². The van der Waals surface area contributed by atoms with Crippen LogP contribution in [0.1, 0.15) is 22.8 Å². The lowest BCUT2D eigenvalue weighted by Gasteiger charge is -2.06. The molecule has 36 heavy (non-hydrogen) atoms. The average Bonchev–Trinajstić information content (AvgIpc) is 3.25. The fourth-order valence-electron chi connectivity index (χ4n) is 3.08. The molecule has 0 aliphatic rings. The summed E-state index contributed by atoms with van der Waals surface area (Å²) in [5, 5.41) is 5.48. The van der Waals surface area contributed by atoms with E-state index in [1.807, 2.05) is 30.3 Å². The Morgan fingerprint density at radius 3 is 2.47 bits per heavy atom. The van der Waals surface area contributed by atoms with Gasteiger partial charge in [-0.25, -0.2) is 13.2 Å². The highest BCUT2D eigenvalue weighted by molar-refractivity contribution is 7.92. The number of rotatable bonds is 10. The van der Waals surface area contributed by atoms with Crippen molar-refractivity contribution in [2.45, 2.75) is 6.92 Å². The molecule has 0 saturated carbocycles. The zero-order chi connectivity index (χ0) is 26.1. The monoisotopic (exact) mass is 527 g/mol. The fourth-order valence-corrected chi connectivity index (χ4v) is 4.70.